The van der Waals surface area contributed by atoms with E-state index in [4.69, 9.17) is 9.47 Å². The van der Waals surface area contributed by atoms with Crippen LogP contribution in [0.2, 0.25) is 0 Å². The molecular formula is C28H28FNO4. The molecule has 0 spiro atoms. The maximum absolute atomic E-state index is 15.1. The van der Waals surface area contributed by atoms with E-state index in [9.17, 15) is 9.59 Å². The predicted molar refractivity (Wildman–Crippen MR) is 128 cm³/mol. The Bertz CT molecular complexity index is 1180. The first-order chi connectivity index (χ1) is 16.4. The molecule has 176 valence electrons. The maximum Gasteiger partial charge on any atom is 0.355 e. The van der Waals surface area contributed by atoms with Gasteiger partial charge in [0, 0.05) is 30.3 Å². The molecule has 0 N–H and O–H groups in total. The van der Waals surface area contributed by atoms with Crippen molar-refractivity contribution in [2.45, 2.75) is 33.0 Å². The average Bonchev–Trinajstić information content (AvgIpc) is 2.82. The van der Waals surface area contributed by atoms with Crippen LogP contribution in [0.25, 0.3) is 5.57 Å². The van der Waals surface area contributed by atoms with Gasteiger partial charge in [0.1, 0.15) is 17.6 Å². The molecule has 1 unspecified atom stereocenters. The van der Waals surface area contributed by atoms with Gasteiger partial charge in [0.05, 0.1) is 13.7 Å². The number of rotatable bonds is 7. The SMILES string of the molecule is COC(=O)C1=C(c2ccccc2F)C2=CC(OCc3ccccc3)C(=O)CC2=CN1CC(C)C. The second-order valence-electron chi connectivity index (χ2n) is 8.84. The number of halogens is 1. The van der Waals surface area contributed by atoms with Gasteiger partial charge in [-0.15, -0.1) is 0 Å². The van der Waals surface area contributed by atoms with Crippen LogP contribution in [0, 0.1) is 11.7 Å². The summed E-state index contributed by atoms with van der Waals surface area (Å²) in [6.45, 7) is 4.84. The summed E-state index contributed by atoms with van der Waals surface area (Å²) >= 11 is 0. The van der Waals surface area contributed by atoms with Gasteiger partial charge in [0.15, 0.2) is 5.78 Å². The largest absolute Gasteiger partial charge is 0.464 e. The van der Waals surface area contributed by atoms with Gasteiger partial charge >= 0.3 is 5.97 Å². The highest BCUT2D eigenvalue weighted by atomic mass is 19.1. The second-order valence-corrected chi connectivity index (χ2v) is 8.84. The fourth-order valence-electron chi connectivity index (χ4n) is 4.31. The van der Waals surface area contributed by atoms with Gasteiger partial charge in [-0.25, -0.2) is 9.18 Å². The lowest BCUT2D eigenvalue weighted by Gasteiger charge is -2.35. The maximum atomic E-state index is 15.1. The van der Waals surface area contributed by atoms with Gasteiger partial charge < -0.3 is 14.4 Å². The molecule has 6 heteroatoms. The van der Waals surface area contributed by atoms with Crippen LogP contribution >= 0.6 is 0 Å². The molecule has 1 aliphatic heterocycles. The first-order valence-corrected chi connectivity index (χ1v) is 11.3. The highest BCUT2D eigenvalue weighted by Crippen LogP contribution is 2.42. The highest BCUT2D eigenvalue weighted by Gasteiger charge is 2.37. The molecule has 5 nitrogen and oxygen atoms in total. The first kappa shape index (κ1) is 23.6. The zero-order valence-corrected chi connectivity index (χ0v) is 19.6. The molecule has 34 heavy (non-hydrogen) atoms. The summed E-state index contributed by atoms with van der Waals surface area (Å²) in [5, 5.41) is 0. The quantitative estimate of drug-likeness (QED) is 0.540. The van der Waals surface area contributed by atoms with Crippen molar-refractivity contribution in [2.75, 3.05) is 13.7 Å². The van der Waals surface area contributed by atoms with E-state index < -0.39 is 17.9 Å². The summed E-state index contributed by atoms with van der Waals surface area (Å²) < 4.78 is 26.1. The van der Waals surface area contributed by atoms with Crippen LogP contribution in [0.3, 0.4) is 0 Å². The normalized spacial score (nSPS) is 18.0. The van der Waals surface area contributed by atoms with Crippen molar-refractivity contribution in [1.29, 1.82) is 0 Å². The number of hydrogen-bond acceptors (Lipinski definition) is 5. The van der Waals surface area contributed by atoms with Crippen LogP contribution in [0.1, 0.15) is 31.4 Å². The molecule has 0 saturated carbocycles. The van der Waals surface area contributed by atoms with Crippen molar-refractivity contribution in [1.82, 2.24) is 4.90 Å². The number of Topliss-reactive ketones (excluding diaryl/α,β-unsaturated/α-hetero) is 1. The van der Waals surface area contributed by atoms with Gasteiger partial charge in [0.2, 0.25) is 0 Å². The lowest BCUT2D eigenvalue weighted by molar-refractivity contribution is -0.137. The topological polar surface area (TPSA) is 55.8 Å². The molecule has 0 bridgehead atoms. The standard InChI is InChI=1S/C28H28FNO4/c1-18(2)15-30-16-20-13-24(31)25(34-17-19-9-5-4-6-10-19)14-22(20)26(27(30)28(32)33-3)21-11-7-8-12-23(21)29/h4-12,14,16,18,25H,13,15,17H2,1-3H3. The Labute approximate surface area is 199 Å². The van der Waals surface area contributed by atoms with Crippen molar-refractivity contribution in [3.05, 3.63) is 101 Å². The number of fused-ring (bicyclic) bond motifs is 1. The van der Waals surface area contributed by atoms with Crippen LogP contribution in [0.5, 0.6) is 0 Å². The molecule has 1 atom stereocenters. The number of nitrogens with zero attached hydrogens (tertiary/aromatic N) is 1. The van der Waals surface area contributed by atoms with E-state index in [-0.39, 0.29) is 36.0 Å². The monoisotopic (exact) mass is 461 g/mol. The number of ketones is 1. The second kappa shape index (κ2) is 10.2. The smallest absolute Gasteiger partial charge is 0.355 e. The number of allylic oxidation sites excluding steroid dienone is 3. The molecule has 2 aliphatic rings. The number of ether oxygens (including phenoxy) is 2. The lowest BCUT2D eigenvalue weighted by atomic mass is 9.81. The lowest BCUT2D eigenvalue weighted by Crippen LogP contribution is -2.35. The van der Waals surface area contributed by atoms with E-state index in [1.807, 2.05) is 50.4 Å². The Morgan fingerprint density at radius 1 is 1.12 bits per heavy atom. The van der Waals surface area contributed by atoms with Crippen LogP contribution < -0.4 is 0 Å². The van der Waals surface area contributed by atoms with Crippen molar-refractivity contribution in [3.63, 3.8) is 0 Å². The van der Waals surface area contributed by atoms with Crippen molar-refractivity contribution >= 4 is 17.3 Å². The molecule has 0 radical (unpaired) electrons. The average molecular weight is 462 g/mol. The van der Waals surface area contributed by atoms with Crippen LogP contribution in [0.4, 0.5) is 4.39 Å². The molecule has 4 rings (SSSR count). The van der Waals surface area contributed by atoms with E-state index >= 15 is 4.39 Å². The molecular weight excluding hydrogens is 433 g/mol. The number of methoxy groups -OCH3 is 1. The van der Waals surface area contributed by atoms with Crippen molar-refractivity contribution < 1.29 is 23.5 Å². The summed E-state index contributed by atoms with van der Waals surface area (Å²) in [6, 6.07) is 15.9. The van der Waals surface area contributed by atoms with Gasteiger partial charge in [-0.3, -0.25) is 4.79 Å². The third kappa shape index (κ3) is 4.87. The summed E-state index contributed by atoms with van der Waals surface area (Å²) in [4.78, 5) is 27.7. The molecule has 1 aliphatic carbocycles. The molecule has 1 heterocycles. The molecule has 2 aromatic carbocycles. The number of hydrogen-bond donors (Lipinski definition) is 0. The Balaban J connectivity index is 1.83. The zero-order valence-electron chi connectivity index (χ0n) is 19.6. The summed E-state index contributed by atoms with van der Waals surface area (Å²) in [6.07, 6.45) is 2.85. The van der Waals surface area contributed by atoms with Gasteiger partial charge in [0.25, 0.3) is 0 Å². The molecule has 0 aromatic heterocycles. The van der Waals surface area contributed by atoms with E-state index in [1.165, 1.54) is 13.2 Å². The summed E-state index contributed by atoms with van der Waals surface area (Å²) in [5.74, 6) is -0.882. The van der Waals surface area contributed by atoms with Crippen LogP contribution in [0.15, 0.2) is 83.7 Å². The fraction of sp³-hybridized carbons (Fsp3) is 0.286. The molecule has 0 amide bonds. The van der Waals surface area contributed by atoms with E-state index in [1.54, 1.807) is 29.2 Å². The molecule has 0 saturated heterocycles. The van der Waals surface area contributed by atoms with Gasteiger partial charge in [-0.05, 0) is 34.8 Å². The Morgan fingerprint density at radius 3 is 2.50 bits per heavy atom. The zero-order chi connectivity index (χ0) is 24.2. The van der Waals surface area contributed by atoms with E-state index in [0.717, 1.165) is 11.1 Å². The summed E-state index contributed by atoms with van der Waals surface area (Å²) in [5.41, 5.74) is 3.27. The number of esters is 1. The fourth-order valence-corrected chi connectivity index (χ4v) is 4.31. The third-order valence-corrected chi connectivity index (χ3v) is 5.81. The van der Waals surface area contributed by atoms with Crippen molar-refractivity contribution in [3.8, 4) is 0 Å². The van der Waals surface area contributed by atoms with Gasteiger partial charge in [-0.2, -0.15) is 0 Å². The highest BCUT2D eigenvalue weighted by molar-refractivity contribution is 6.06. The van der Waals surface area contributed by atoms with Crippen LogP contribution in [-0.4, -0.2) is 36.4 Å². The Kier molecular flexibility index (Phi) is 7.08. The number of benzene rings is 2. The van der Waals surface area contributed by atoms with E-state index in [2.05, 4.69) is 0 Å². The van der Waals surface area contributed by atoms with Gasteiger partial charge in [-0.1, -0.05) is 62.4 Å². The van der Waals surface area contributed by atoms with Crippen LogP contribution in [-0.2, 0) is 25.7 Å². The first-order valence-electron chi connectivity index (χ1n) is 11.3. The van der Waals surface area contributed by atoms with E-state index in [0.29, 0.717) is 17.7 Å². The Morgan fingerprint density at radius 2 is 1.82 bits per heavy atom. The Hall–Kier alpha value is -3.51. The minimum atomic E-state index is -0.801. The minimum absolute atomic E-state index is 0.0789. The number of carbonyl (C=O) groups excluding carboxylic acids is 2. The summed E-state index contributed by atoms with van der Waals surface area (Å²) in [7, 11) is 1.31. The number of carbonyl (C=O) groups is 2. The van der Waals surface area contributed by atoms with Crippen molar-refractivity contribution in [2.24, 2.45) is 5.92 Å². The predicted octanol–water partition coefficient (Wildman–Crippen LogP) is 5.05. The minimum Gasteiger partial charge on any atom is -0.464 e. The molecule has 0 fully saturated rings. The third-order valence-electron chi connectivity index (χ3n) is 5.81. The molecule has 2 aromatic rings.